The minimum absolute atomic E-state index is 0.816. The molecule has 0 atom stereocenters. The Balaban J connectivity index is 2.46. The second-order valence-corrected chi connectivity index (χ2v) is 3.58. The monoisotopic (exact) mass is 203 g/mol. The predicted octanol–water partition coefficient (Wildman–Crippen LogP) is 2.36. The Bertz CT molecular complexity index is 410. The van der Waals surface area contributed by atoms with Crippen molar-refractivity contribution in [3.8, 4) is 0 Å². The van der Waals surface area contributed by atoms with Crippen LogP contribution in [0.25, 0.3) is 5.57 Å². The van der Waals surface area contributed by atoms with Crippen molar-refractivity contribution in [2.24, 2.45) is 0 Å². The average Bonchev–Trinajstić information content (AvgIpc) is 2.41. The van der Waals surface area contributed by atoms with Crippen molar-refractivity contribution in [1.29, 1.82) is 0 Å². The molecule has 0 saturated carbocycles. The van der Waals surface area contributed by atoms with E-state index in [-0.39, 0.29) is 0 Å². The number of rotatable bonds is 1. The van der Waals surface area contributed by atoms with Crippen molar-refractivity contribution in [1.82, 2.24) is 0 Å². The molecule has 0 aliphatic carbocycles. The number of aliphatic carboxylic acids is 1. The molecule has 0 bridgehead atoms. The molecule has 78 valence electrons. The van der Waals surface area contributed by atoms with Crippen molar-refractivity contribution in [2.75, 3.05) is 11.9 Å². The summed E-state index contributed by atoms with van der Waals surface area (Å²) in [6, 6.07) is 7.83. The molecule has 0 saturated heterocycles. The van der Waals surface area contributed by atoms with E-state index in [0.717, 1.165) is 36.2 Å². The highest BCUT2D eigenvalue weighted by Gasteiger charge is 2.11. The largest absolute Gasteiger partial charge is 0.478 e. The zero-order chi connectivity index (χ0) is 10.7. The Labute approximate surface area is 88.4 Å². The first kappa shape index (κ1) is 9.77. The maximum atomic E-state index is 10.7. The number of nitrogens with one attached hydrogen (secondary N) is 1. The lowest BCUT2D eigenvalue weighted by Crippen LogP contribution is -1.98. The first-order valence-corrected chi connectivity index (χ1v) is 5.04. The third-order valence-electron chi connectivity index (χ3n) is 2.51. The van der Waals surface area contributed by atoms with Gasteiger partial charge >= 0.3 is 5.97 Å². The number of allylic oxidation sites excluding steroid dienone is 1. The molecule has 0 aromatic heterocycles. The molecular formula is C12H13NO2. The van der Waals surface area contributed by atoms with E-state index in [1.54, 1.807) is 0 Å². The summed E-state index contributed by atoms with van der Waals surface area (Å²) < 4.78 is 0. The van der Waals surface area contributed by atoms with E-state index in [1.807, 2.05) is 24.3 Å². The number of benzene rings is 1. The smallest absolute Gasteiger partial charge is 0.328 e. The maximum absolute atomic E-state index is 10.7. The molecule has 1 aliphatic rings. The summed E-state index contributed by atoms with van der Waals surface area (Å²) in [5.74, 6) is -0.873. The molecule has 1 aromatic carbocycles. The lowest BCUT2D eigenvalue weighted by molar-refractivity contribution is -0.131. The van der Waals surface area contributed by atoms with Crippen LogP contribution in [0.4, 0.5) is 5.69 Å². The Morgan fingerprint density at radius 3 is 3.00 bits per heavy atom. The minimum Gasteiger partial charge on any atom is -0.478 e. The SMILES string of the molecule is O=C(O)/C=C1/CCCNc2ccccc21. The second kappa shape index (κ2) is 4.17. The fourth-order valence-corrected chi connectivity index (χ4v) is 1.85. The molecule has 2 N–H and O–H groups in total. The number of anilines is 1. The van der Waals surface area contributed by atoms with E-state index in [9.17, 15) is 4.79 Å². The van der Waals surface area contributed by atoms with Gasteiger partial charge in [-0.05, 0) is 24.5 Å². The third kappa shape index (κ3) is 2.18. The van der Waals surface area contributed by atoms with E-state index < -0.39 is 5.97 Å². The molecule has 2 rings (SSSR count). The van der Waals surface area contributed by atoms with Crippen LogP contribution in [0.3, 0.4) is 0 Å². The molecule has 1 aromatic rings. The summed E-state index contributed by atoms with van der Waals surface area (Å²) in [6.07, 6.45) is 3.09. The quantitative estimate of drug-likeness (QED) is 0.689. The van der Waals surface area contributed by atoms with Gasteiger partial charge in [0.2, 0.25) is 0 Å². The van der Waals surface area contributed by atoms with Gasteiger partial charge in [-0.3, -0.25) is 0 Å². The lowest BCUT2D eigenvalue weighted by Gasteiger charge is -2.07. The fourth-order valence-electron chi connectivity index (χ4n) is 1.85. The van der Waals surface area contributed by atoms with Crippen LogP contribution in [0.5, 0.6) is 0 Å². The standard InChI is InChI=1S/C12H13NO2/c14-12(15)8-9-4-3-7-13-11-6-2-1-5-10(9)11/h1-2,5-6,8,13H,3-4,7H2,(H,14,15)/b9-8-. The fraction of sp³-hybridized carbons (Fsp3) is 0.250. The zero-order valence-corrected chi connectivity index (χ0v) is 8.36. The topological polar surface area (TPSA) is 49.3 Å². The van der Waals surface area contributed by atoms with Crippen LogP contribution in [0, 0.1) is 0 Å². The van der Waals surface area contributed by atoms with E-state index in [0.29, 0.717) is 0 Å². The number of para-hydroxylation sites is 1. The first-order valence-electron chi connectivity index (χ1n) is 5.04. The van der Waals surface area contributed by atoms with Gasteiger partial charge in [0.1, 0.15) is 0 Å². The number of hydrogen-bond donors (Lipinski definition) is 2. The van der Waals surface area contributed by atoms with E-state index in [1.165, 1.54) is 6.08 Å². The normalized spacial score (nSPS) is 17.7. The van der Waals surface area contributed by atoms with Gasteiger partial charge in [0, 0.05) is 23.9 Å². The van der Waals surface area contributed by atoms with Crippen molar-refractivity contribution in [2.45, 2.75) is 12.8 Å². The van der Waals surface area contributed by atoms with Gasteiger partial charge in [-0.15, -0.1) is 0 Å². The molecule has 0 fully saturated rings. The van der Waals surface area contributed by atoms with E-state index in [4.69, 9.17) is 5.11 Å². The Morgan fingerprint density at radius 2 is 2.20 bits per heavy atom. The summed E-state index contributed by atoms with van der Waals surface area (Å²) in [4.78, 5) is 10.7. The highest BCUT2D eigenvalue weighted by molar-refractivity contribution is 5.92. The highest BCUT2D eigenvalue weighted by atomic mass is 16.4. The maximum Gasteiger partial charge on any atom is 0.328 e. The lowest BCUT2D eigenvalue weighted by atomic mass is 10.0. The number of carbonyl (C=O) groups is 1. The van der Waals surface area contributed by atoms with Gasteiger partial charge in [0.15, 0.2) is 0 Å². The molecule has 0 unspecified atom stereocenters. The van der Waals surface area contributed by atoms with Crippen LogP contribution in [0.2, 0.25) is 0 Å². The van der Waals surface area contributed by atoms with E-state index in [2.05, 4.69) is 5.32 Å². The third-order valence-corrected chi connectivity index (χ3v) is 2.51. The van der Waals surface area contributed by atoms with Crippen molar-refractivity contribution >= 4 is 17.2 Å². The first-order chi connectivity index (χ1) is 7.27. The van der Waals surface area contributed by atoms with Gasteiger partial charge in [-0.1, -0.05) is 18.2 Å². The molecule has 0 radical (unpaired) electrons. The number of carboxylic acids is 1. The van der Waals surface area contributed by atoms with Gasteiger partial charge in [0.25, 0.3) is 0 Å². The molecule has 1 heterocycles. The molecular weight excluding hydrogens is 190 g/mol. The van der Waals surface area contributed by atoms with Crippen LogP contribution in [-0.2, 0) is 4.79 Å². The number of carboxylic acid groups (broad SMARTS) is 1. The minimum atomic E-state index is -0.873. The molecule has 0 amide bonds. The van der Waals surface area contributed by atoms with Crippen LogP contribution < -0.4 is 5.32 Å². The summed E-state index contributed by atoms with van der Waals surface area (Å²) in [7, 11) is 0. The molecule has 1 aliphatic heterocycles. The average molecular weight is 203 g/mol. The Morgan fingerprint density at radius 1 is 1.40 bits per heavy atom. The highest BCUT2D eigenvalue weighted by Crippen LogP contribution is 2.29. The van der Waals surface area contributed by atoms with Crippen molar-refractivity contribution in [3.63, 3.8) is 0 Å². The van der Waals surface area contributed by atoms with Crippen LogP contribution in [-0.4, -0.2) is 17.6 Å². The summed E-state index contributed by atoms with van der Waals surface area (Å²) >= 11 is 0. The summed E-state index contributed by atoms with van der Waals surface area (Å²) in [5, 5.41) is 12.1. The summed E-state index contributed by atoms with van der Waals surface area (Å²) in [5.41, 5.74) is 2.95. The van der Waals surface area contributed by atoms with Crippen LogP contribution in [0.15, 0.2) is 30.3 Å². The van der Waals surface area contributed by atoms with Gasteiger partial charge in [0.05, 0.1) is 0 Å². The van der Waals surface area contributed by atoms with Crippen LogP contribution >= 0.6 is 0 Å². The van der Waals surface area contributed by atoms with Gasteiger partial charge in [-0.25, -0.2) is 4.79 Å². The Kier molecular flexibility index (Phi) is 2.72. The number of hydrogen-bond acceptors (Lipinski definition) is 2. The second-order valence-electron chi connectivity index (χ2n) is 3.58. The molecule has 0 spiro atoms. The van der Waals surface area contributed by atoms with E-state index >= 15 is 0 Å². The van der Waals surface area contributed by atoms with Crippen molar-refractivity contribution < 1.29 is 9.90 Å². The molecule has 3 heteroatoms. The Hall–Kier alpha value is -1.77. The summed E-state index contributed by atoms with van der Waals surface area (Å²) in [6.45, 7) is 0.897. The van der Waals surface area contributed by atoms with Crippen molar-refractivity contribution in [3.05, 3.63) is 35.9 Å². The molecule has 3 nitrogen and oxygen atoms in total. The molecule has 15 heavy (non-hydrogen) atoms. The van der Waals surface area contributed by atoms with Crippen LogP contribution in [0.1, 0.15) is 18.4 Å². The van der Waals surface area contributed by atoms with Gasteiger partial charge in [-0.2, -0.15) is 0 Å². The van der Waals surface area contributed by atoms with Gasteiger partial charge < -0.3 is 10.4 Å². The predicted molar refractivity (Wildman–Crippen MR) is 59.8 cm³/mol. The zero-order valence-electron chi connectivity index (χ0n) is 8.36. The number of fused-ring (bicyclic) bond motifs is 1.